The summed E-state index contributed by atoms with van der Waals surface area (Å²) in [7, 11) is 0. The van der Waals surface area contributed by atoms with Gasteiger partial charge in [-0.1, -0.05) is 13.8 Å². The molecule has 1 rings (SSSR count). The Balaban J connectivity index is 2.86. The van der Waals surface area contributed by atoms with Crippen molar-refractivity contribution in [3.05, 3.63) is 23.6 Å². The topological polar surface area (TPSA) is 42.4 Å². The zero-order valence-corrected chi connectivity index (χ0v) is 9.20. The van der Waals surface area contributed by atoms with Crippen LogP contribution in [0, 0.1) is 11.7 Å². The molecular weight excluding hydrogens is 197 g/mol. The number of aliphatic hydroxyl groups excluding tert-OH is 1. The number of aromatic nitrogens is 1. The molecule has 15 heavy (non-hydrogen) atoms. The summed E-state index contributed by atoms with van der Waals surface area (Å²) in [5, 5.41) is 8.86. The number of halogens is 1. The van der Waals surface area contributed by atoms with Crippen molar-refractivity contribution in [1.29, 1.82) is 0 Å². The van der Waals surface area contributed by atoms with E-state index in [0.29, 0.717) is 0 Å². The molecule has 0 aliphatic rings. The molecule has 0 aliphatic heterocycles. The quantitative estimate of drug-likeness (QED) is 0.833. The Hall–Kier alpha value is -1.16. The maximum atomic E-state index is 13.5. The Labute approximate surface area is 88.9 Å². The molecule has 0 aliphatic carbocycles. The molecule has 1 N–H and O–H groups in total. The Morgan fingerprint density at radius 1 is 1.47 bits per heavy atom. The molecule has 3 nitrogen and oxygen atoms in total. The number of rotatable bonds is 4. The number of nitrogens with zero attached hydrogens (tertiary/aromatic N) is 1. The van der Waals surface area contributed by atoms with Crippen LogP contribution >= 0.6 is 0 Å². The van der Waals surface area contributed by atoms with Crippen LogP contribution in [0.5, 0.6) is 5.88 Å². The fraction of sp³-hybridized carbons (Fsp3) is 0.545. The van der Waals surface area contributed by atoms with Gasteiger partial charge < -0.3 is 9.84 Å². The van der Waals surface area contributed by atoms with Crippen LogP contribution in [0.3, 0.4) is 0 Å². The fourth-order valence-corrected chi connectivity index (χ4v) is 0.979. The number of hydrogen-bond donors (Lipinski definition) is 1. The minimum atomic E-state index is -0.576. The van der Waals surface area contributed by atoms with E-state index in [0.717, 1.165) is 0 Å². The number of aliphatic hydroxyl groups is 1. The van der Waals surface area contributed by atoms with E-state index in [4.69, 9.17) is 9.84 Å². The van der Waals surface area contributed by atoms with Crippen molar-refractivity contribution in [3.8, 4) is 5.88 Å². The van der Waals surface area contributed by atoms with E-state index in [-0.39, 0.29) is 30.1 Å². The number of hydrogen-bond acceptors (Lipinski definition) is 3. The monoisotopic (exact) mass is 213 g/mol. The molecule has 0 bridgehead atoms. The molecule has 0 spiro atoms. The number of pyridine rings is 1. The van der Waals surface area contributed by atoms with Gasteiger partial charge in [-0.3, -0.25) is 0 Å². The first-order chi connectivity index (χ1) is 7.06. The molecule has 0 fully saturated rings. The van der Waals surface area contributed by atoms with E-state index >= 15 is 0 Å². The highest BCUT2D eigenvalue weighted by Gasteiger charge is 2.15. The molecule has 0 saturated carbocycles. The summed E-state index contributed by atoms with van der Waals surface area (Å²) in [5.74, 6) is -0.334. The maximum Gasteiger partial charge on any atom is 0.251 e. The van der Waals surface area contributed by atoms with Gasteiger partial charge in [-0.2, -0.15) is 0 Å². The zero-order valence-electron chi connectivity index (χ0n) is 9.20. The van der Waals surface area contributed by atoms with Crippen LogP contribution in [0.15, 0.2) is 12.3 Å². The van der Waals surface area contributed by atoms with Gasteiger partial charge in [-0.25, -0.2) is 9.37 Å². The van der Waals surface area contributed by atoms with Crippen molar-refractivity contribution < 1.29 is 14.2 Å². The summed E-state index contributed by atoms with van der Waals surface area (Å²) < 4.78 is 18.9. The highest BCUT2D eigenvalue weighted by atomic mass is 19.1. The molecule has 84 valence electrons. The van der Waals surface area contributed by atoms with E-state index in [2.05, 4.69) is 4.98 Å². The van der Waals surface area contributed by atoms with Gasteiger partial charge >= 0.3 is 0 Å². The first-order valence-corrected chi connectivity index (χ1v) is 4.97. The van der Waals surface area contributed by atoms with E-state index in [9.17, 15) is 4.39 Å². The summed E-state index contributed by atoms with van der Waals surface area (Å²) in [5.41, 5.74) is 0.205. The predicted molar refractivity (Wildman–Crippen MR) is 55.0 cm³/mol. The van der Waals surface area contributed by atoms with Crippen LogP contribution in [0.4, 0.5) is 4.39 Å². The maximum absolute atomic E-state index is 13.5. The summed E-state index contributed by atoms with van der Waals surface area (Å²) in [4.78, 5) is 3.80. The molecule has 0 radical (unpaired) electrons. The first kappa shape index (κ1) is 11.9. The molecule has 0 aromatic carbocycles. The molecule has 1 unspecified atom stereocenters. The van der Waals surface area contributed by atoms with Crippen LogP contribution in [0.25, 0.3) is 0 Å². The lowest BCUT2D eigenvalue weighted by molar-refractivity contribution is 0.154. The average molecular weight is 213 g/mol. The van der Waals surface area contributed by atoms with Crippen molar-refractivity contribution in [3.63, 3.8) is 0 Å². The molecule has 1 aromatic rings. The van der Waals surface area contributed by atoms with Crippen LogP contribution in [0.1, 0.15) is 26.3 Å². The van der Waals surface area contributed by atoms with Gasteiger partial charge in [0, 0.05) is 11.8 Å². The van der Waals surface area contributed by atoms with Gasteiger partial charge in [0.1, 0.15) is 6.10 Å². The SMILES string of the molecule is CC(C)C(C)Oc1nccc(CO)c1F. The van der Waals surface area contributed by atoms with Crippen molar-refractivity contribution in [2.24, 2.45) is 5.92 Å². The smallest absolute Gasteiger partial charge is 0.251 e. The van der Waals surface area contributed by atoms with Gasteiger partial charge in [0.15, 0.2) is 5.82 Å². The first-order valence-electron chi connectivity index (χ1n) is 4.97. The van der Waals surface area contributed by atoms with E-state index in [1.165, 1.54) is 12.3 Å². The Kier molecular flexibility index (Phi) is 4.03. The van der Waals surface area contributed by atoms with Crippen LogP contribution in [0.2, 0.25) is 0 Å². The van der Waals surface area contributed by atoms with Crippen LogP contribution < -0.4 is 4.74 Å². The molecule has 1 aromatic heterocycles. The third-order valence-electron chi connectivity index (χ3n) is 2.34. The lowest BCUT2D eigenvalue weighted by atomic mass is 10.1. The van der Waals surface area contributed by atoms with Crippen LogP contribution in [-0.2, 0) is 6.61 Å². The molecule has 1 heterocycles. The zero-order chi connectivity index (χ0) is 11.4. The van der Waals surface area contributed by atoms with E-state index < -0.39 is 5.82 Å². The van der Waals surface area contributed by atoms with Crippen molar-refractivity contribution in [1.82, 2.24) is 4.98 Å². The minimum Gasteiger partial charge on any atom is -0.472 e. The third-order valence-corrected chi connectivity index (χ3v) is 2.34. The second-order valence-corrected chi connectivity index (χ2v) is 3.81. The van der Waals surface area contributed by atoms with Gasteiger partial charge in [0.05, 0.1) is 6.61 Å². The van der Waals surface area contributed by atoms with E-state index in [1.54, 1.807) is 0 Å². The Morgan fingerprint density at radius 3 is 2.67 bits per heavy atom. The fourth-order valence-electron chi connectivity index (χ4n) is 0.979. The van der Waals surface area contributed by atoms with Crippen molar-refractivity contribution >= 4 is 0 Å². The van der Waals surface area contributed by atoms with Gasteiger partial charge in [-0.15, -0.1) is 0 Å². The summed E-state index contributed by atoms with van der Waals surface area (Å²) >= 11 is 0. The average Bonchev–Trinajstić information content (AvgIpc) is 2.21. The van der Waals surface area contributed by atoms with Crippen molar-refractivity contribution in [2.75, 3.05) is 0 Å². The second-order valence-electron chi connectivity index (χ2n) is 3.81. The third kappa shape index (κ3) is 2.89. The molecule has 0 saturated heterocycles. The van der Waals surface area contributed by atoms with Gasteiger partial charge in [0.25, 0.3) is 5.88 Å². The lowest BCUT2D eigenvalue weighted by Gasteiger charge is -2.17. The predicted octanol–water partition coefficient (Wildman–Crippen LogP) is 2.14. The highest BCUT2D eigenvalue weighted by molar-refractivity contribution is 5.23. The second kappa shape index (κ2) is 5.07. The Morgan fingerprint density at radius 2 is 2.13 bits per heavy atom. The number of ether oxygens (including phenoxy) is 1. The van der Waals surface area contributed by atoms with Crippen LogP contribution in [-0.4, -0.2) is 16.2 Å². The molecular formula is C11H16FNO2. The summed E-state index contributed by atoms with van der Waals surface area (Å²) in [6.45, 7) is 5.48. The summed E-state index contributed by atoms with van der Waals surface area (Å²) in [6.07, 6.45) is 1.32. The molecule has 4 heteroatoms. The van der Waals surface area contributed by atoms with E-state index in [1.807, 2.05) is 20.8 Å². The highest BCUT2D eigenvalue weighted by Crippen LogP contribution is 2.20. The molecule has 0 amide bonds. The Bertz CT molecular complexity index is 328. The van der Waals surface area contributed by atoms with Gasteiger partial charge in [-0.05, 0) is 18.9 Å². The normalized spacial score (nSPS) is 12.9. The minimum absolute atomic E-state index is 0.0391. The summed E-state index contributed by atoms with van der Waals surface area (Å²) in [6, 6.07) is 1.43. The van der Waals surface area contributed by atoms with Gasteiger partial charge in [0.2, 0.25) is 0 Å². The standard InChI is InChI=1S/C11H16FNO2/c1-7(2)8(3)15-11-10(12)9(6-14)4-5-13-11/h4-5,7-8,14H,6H2,1-3H3. The molecule has 1 atom stereocenters. The largest absolute Gasteiger partial charge is 0.472 e. The lowest BCUT2D eigenvalue weighted by Crippen LogP contribution is -2.20. The van der Waals surface area contributed by atoms with Crippen molar-refractivity contribution in [2.45, 2.75) is 33.5 Å².